The standard InChI is InChI=1S/C23H17NO7/c25-20-18-11-1-2-12(9-11)19(18)21(26)24(20)13-3-5-14(6-4-13)31-15-7-8-16(22(27)28)17(10-15)23(29)30/h1-8,10-12,18-19H,9H2,(H,27,28)(H,29,30)/t11-,12-,18-,19+/m0/s1. The van der Waals surface area contributed by atoms with Crippen LogP contribution in [0.2, 0.25) is 0 Å². The highest BCUT2D eigenvalue weighted by Gasteiger charge is 2.59. The number of aromatic carboxylic acids is 2. The Morgan fingerprint density at radius 3 is 1.90 bits per heavy atom. The number of benzene rings is 2. The maximum absolute atomic E-state index is 12.9. The summed E-state index contributed by atoms with van der Waals surface area (Å²) in [5.41, 5.74) is -0.261. The van der Waals surface area contributed by atoms with E-state index in [0.717, 1.165) is 18.6 Å². The van der Waals surface area contributed by atoms with Crippen molar-refractivity contribution in [2.24, 2.45) is 23.7 Å². The third kappa shape index (κ3) is 2.91. The summed E-state index contributed by atoms with van der Waals surface area (Å²) in [6, 6.07) is 10.0. The van der Waals surface area contributed by atoms with Gasteiger partial charge in [0.05, 0.1) is 28.7 Å². The van der Waals surface area contributed by atoms with Gasteiger partial charge in [0.2, 0.25) is 11.8 Å². The minimum atomic E-state index is -1.38. The van der Waals surface area contributed by atoms with Crippen molar-refractivity contribution >= 4 is 29.4 Å². The largest absolute Gasteiger partial charge is 0.478 e. The first-order valence-corrected chi connectivity index (χ1v) is 9.80. The molecule has 156 valence electrons. The number of carbonyl (C=O) groups excluding carboxylic acids is 2. The van der Waals surface area contributed by atoms with E-state index < -0.39 is 11.9 Å². The Hall–Kier alpha value is -3.94. The first-order chi connectivity index (χ1) is 14.8. The van der Waals surface area contributed by atoms with Crippen LogP contribution < -0.4 is 9.64 Å². The van der Waals surface area contributed by atoms with Gasteiger partial charge in [0, 0.05) is 0 Å². The van der Waals surface area contributed by atoms with Crippen LogP contribution >= 0.6 is 0 Å². The second-order valence-corrected chi connectivity index (χ2v) is 7.93. The Balaban J connectivity index is 1.36. The third-order valence-corrected chi connectivity index (χ3v) is 6.25. The summed E-state index contributed by atoms with van der Waals surface area (Å²) in [5, 5.41) is 18.3. The molecule has 2 aliphatic carbocycles. The van der Waals surface area contributed by atoms with E-state index in [-0.39, 0.29) is 52.4 Å². The van der Waals surface area contributed by atoms with Gasteiger partial charge in [-0.15, -0.1) is 0 Å². The molecule has 1 saturated heterocycles. The maximum Gasteiger partial charge on any atom is 0.336 e. The molecule has 0 unspecified atom stereocenters. The summed E-state index contributed by atoms with van der Waals surface area (Å²) in [4.78, 5) is 49.5. The molecular weight excluding hydrogens is 402 g/mol. The SMILES string of the molecule is O=C(O)c1ccc(Oc2ccc(N3C(=O)[C@@H]4[C@H](C3=O)[C@H]3C=C[C@H]4C3)cc2)cc1C(=O)O. The maximum atomic E-state index is 12.9. The molecule has 1 aliphatic heterocycles. The number of hydrogen-bond donors (Lipinski definition) is 2. The van der Waals surface area contributed by atoms with Gasteiger partial charge in [-0.1, -0.05) is 12.2 Å². The molecule has 2 bridgehead atoms. The first-order valence-electron chi connectivity index (χ1n) is 9.80. The molecule has 4 atom stereocenters. The van der Waals surface area contributed by atoms with Crippen molar-refractivity contribution in [3.63, 3.8) is 0 Å². The van der Waals surface area contributed by atoms with Crippen LogP contribution in [0, 0.1) is 23.7 Å². The highest BCUT2D eigenvalue weighted by Crippen LogP contribution is 2.53. The number of imide groups is 1. The predicted octanol–water partition coefficient (Wildman–Crippen LogP) is 3.19. The molecule has 2 amide bonds. The van der Waals surface area contributed by atoms with Crippen LogP contribution in [0.3, 0.4) is 0 Å². The summed E-state index contributed by atoms with van der Waals surface area (Å²) >= 11 is 0. The Bertz CT molecular complexity index is 1140. The van der Waals surface area contributed by atoms with Gasteiger partial charge in [-0.25, -0.2) is 9.59 Å². The van der Waals surface area contributed by atoms with Crippen molar-refractivity contribution in [1.82, 2.24) is 0 Å². The Morgan fingerprint density at radius 2 is 1.35 bits per heavy atom. The molecule has 2 fully saturated rings. The van der Waals surface area contributed by atoms with Crippen LogP contribution in [0.5, 0.6) is 11.5 Å². The second kappa shape index (κ2) is 6.80. The topological polar surface area (TPSA) is 121 Å². The van der Waals surface area contributed by atoms with Gasteiger partial charge >= 0.3 is 11.9 Å². The van der Waals surface area contributed by atoms with E-state index in [1.807, 2.05) is 12.2 Å². The van der Waals surface area contributed by atoms with E-state index in [1.165, 1.54) is 11.0 Å². The number of fused-ring (bicyclic) bond motifs is 5. The predicted molar refractivity (Wildman–Crippen MR) is 107 cm³/mol. The lowest BCUT2D eigenvalue weighted by Crippen LogP contribution is -2.32. The smallest absolute Gasteiger partial charge is 0.336 e. The van der Waals surface area contributed by atoms with Crippen molar-refractivity contribution < 1.29 is 34.1 Å². The average molecular weight is 419 g/mol. The number of rotatable bonds is 5. The van der Waals surface area contributed by atoms with Crippen LogP contribution in [0.15, 0.2) is 54.6 Å². The highest BCUT2D eigenvalue weighted by molar-refractivity contribution is 6.22. The number of amides is 2. The van der Waals surface area contributed by atoms with Gasteiger partial charge in [-0.05, 0) is 60.7 Å². The number of carboxylic acid groups (broad SMARTS) is 2. The Morgan fingerprint density at radius 1 is 0.806 bits per heavy atom. The molecule has 8 heteroatoms. The van der Waals surface area contributed by atoms with Gasteiger partial charge in [0.1, 0.15) is 11.5 Å². The van der Waals surface area contributed by atoms with E-state index >= 15 is 0 Å². The van der Waals surface area contributed by atoms with Crippen LogP contribution in [-0.4, -0.2) is 34.0 Å². The molecule has 0 radical (unpaired) electrons. The molecule has 5 rings (SSSR count). The minimum absolute atomic E-state index is 0.135. The zero-order chi connectivity index (χ0) is 21.9. The number of ether oxygens (including phenoxy) is 1. The van der Waals surface area contributed by atoms with Gasteiger partial charge in [-0.3, -0.25) is 14.5 Å². The van der Waals surface area contributed by atoms with E-state index in [2.05, 4.69) is 0 Å². The molecule has 2 aromatic carbocycles. The fourth-order valence-electron chi connectivity index (χ4n) is 4.91. The minimum Gasteiger partial charge on any atom is -0.478 e. The summed E-state index contributed by atoms with van der Waals surface area (Å²) in [6.07, 6.45) is 4.95. The second-order valence-electron chi connectivity index (χ2n) is 7.93. The van der Waals surface area contributed by atoms with Gasteiger partial charge in [-0.2, -0.15) is 0 Å². The number of anilines is 1. The van der Waals surface area contributed by atoms with Crippen LogP contribution in [0.25, 0.3) is 0 Å². The number of allylic oxidation sites excluding steroid dienone is 2. The van der Waals surface area contributed by atoms with E-state index in [9.17, 15) is 24.3 Å². The number of nitrogens with zero attached hydrogens (tertiary/aromatic N) is 1. The first kappa shape index (κ1) is 19.0. The molecule has 2 aromatic rings. The number of carboxylic acids is 2. The highest BCUT2D eigenvalue weighted by atomic mass is 16.5. The molecule has 0 spiro atoms. The van der Waals surface area contributed by atoms with E-state index in [4.69, 9.17) is 9.84 Å². The monoisotopic (exact) mass is 419 g/mol. The van der Waals surface area contributed by atoms with Gasteiger partial charge < -0.3 is 14.9 Å². The van der Waals surface area contributed by atoms with Gasteiger partial charge in [0.25, 0.3) is 0 Å². The molecule has 2 N–H and O–H groups in total. The van der Waals surface area contributed by atoms with Crippen molar-refractivity contribution in [2.75, 3.05) is 4.90 Å². The fourth-order valence-corrected chi connectivity index (χ4v) is 4.91. The quantitative estimate of drug-likeness (QED) is 0.564. The molecule has 31 heavy (non-hydrogen) atoms. The summed E-state index contributed by atoms with van der Waals surface area (Å²) in [7, 11) is 0. The van der Waals surface area contributed by atoms with Crippen LogP contribution in [0.4, 0.5) is 5.69 Å². The lowest BCUT2D eigenvalue weighted by atomic mass is 9.85. The zero-order valence-electron chi connectivity index (χ0n) is 16.1. The van der Waals surface area contributed by atoms with E-state index in [0.29, 0.717) is 11.4 Å². The van der Waals surface area contributed by atoms with E-state index in [1.54, 1.807) is 24.3 Å². The lowest BCUT2D eigenvalue weighted by molar-refractivity contribution is -0.123. The average Bonchev–Trinajstić information content (AvgIpc) is 3.42. The summed E-state index contributed by atoms with van der Waals surface area (Å²) in [5.74, 6) is -2.84. The Labute approximate surface area is 176 Å². The molecule has 1 saturated carbocycles. The molecular formula is C23H17NO7. The van der Waals surface area contributed by atoms with Crippen LogP contribution in [0.1, 0.15) is 27.1 Å². The van der Waals surface area contributed by atoms with Crippen LogP contribution in [-0.2, 0) is 9.59 Å². The molecule has 8 nitrogen and oxygen atoms in total. The Kier molecular flexibility index (Phi) is 4.18. The van der Waals surface area contributed by atoms with Crippen molar-refractivity contribution in [2.45, 2.75) is 6.42 Å². The zero-order valence-corrected chi connectivity index (χ0v) is 16.1. The number of carbonyl (C=O) groups is 4. The molecule has 3 aliphatic rings. The molecule has 1 heterocycles. The van der Waals surface area contributed by atoms with Crippen molar-refractivity contribution in [3.05, 3.63) is 65.7 Å². The normalized spacial score (nSPS) is 25.7. The summed E-state index contributed by atoms with van der Waals surface area (Å²) < 4.78 is 5.64. The van der Waals surface area contributed by atoms with Crippen molar-refractivity contribution in [1.29, 1.82) is 0 Å². The van der Waals surface area contributed by atoms with Crippen molar-refractivity contribution in [3.8, 4) is 11.5 Å². The molecule has 0 aromatic heterocycles. The number of hydrogen-bond acceptors (Lipinski definition) is 5. The summed E-state index contributed by atoms with van der Waals surface area (Å²) in [6.45, 7) is 0. The van der Waals surface area contributed by atoms with Gasteiger partial charge in [0.15, 0.2) is 0 Å². The fraction of sp³-hybridized carbons (Fsp3) is 0.217. The lowest BCUT2D eigenvalue weighted by Gasteiger charge is -2.17. The third-order valence-electron chi connectivity index (χ3n) is 6.25.